The average molecular weight is 1150 g/mol. The number of rotatable bonds is 60. The summed E-state index contributed by atoms with van der Waals surface area (Å²) in [7, 11) is 1.15. The first-order valence-electron chi connectivity index (χ1n) is 33.6. The summed E-state index contributed by atoms with van der Waals surface area (Å²) < 4.78 is 30.4. The lowest BCUT2D eigenvalue weighted by molar-refractivity contribution is -0.870. The van der Waals surface area contributed by atoms with Crippen LogP contribution in [-0.2, 0) is 27.9 Å². The predicted molar refractivity (Wildman–Crippen MR) is 348 cm³/mol. The number of quaternary nitrogens is 1. The Kier molecular flexibility index (Phi) is 57.8. The summed E-state index contributed by atoms with van der Waals surface area (Å²) >= 11 is 0. The number of hydrogen-bond acceptors (Lipinski definition) is 7. The number of nitrogens with zero attached hydrogens (tertiary/aromatic N) is 1. The van der Waals surface area contributed by atoms with Crippen molar-refractivity contribution in [2.75, 3.05) is 40.9 Å². The Bertz CT molecular complexity index is 1710. The van der Waals surface area contributed by atoms with Crippen LogP contribution in [0.25, 0.3) is 0 Å². The lowest BCUT2D eigenvalue weighted by atomic mass is 10.0. The smallest absolute Gasteiger partial charge is 0.306 e. The number of unbranched alkanes of at least 4 members (excludes halogenated alkanes) is 35. The zero-order valence-corrected chi connectivity index (χ0v) is 54.4. The third-order valence-electron chi connectivity index (χ3n) is 14.7. The number of carbonyl (C=O) groups is 2. The molecule has 0 aromatic carbocycles. The van der Waals surface area contributed by atoms with Crippen molar-refractivity contribution in [3.8, 4) is 0 Å². The third-order valence-corrected chi connectivity index (χ3v) is 15.6. The van der Waals surface area contributed by atoms with Crippen LogP contribution in [0.2, 0.25) is 0 Å². The number of phosphoric acid groups is 1. The van der Waals surface area contributed by atoms with Crippen LogP contribution >= 0.6 is 7.82 Å². The number of likely N-dealkylation sites (N-methyl/N-ethyl adjacent to an activating group) is 1. The van der Waals surface area contributed by atoms with Gasteiger partial charge in [0, 0.05) is 12.8 Å². The van der Waals surface area contributed by atoms with Gasteiger partial charge in [0.05, 0.1) is 33.8 Å². The normalized spacial score (nSPS) is 14.2. The zero-order valence-electron chi connectivity index (χ0n) is 53.5. The van der Waals surface area contributed by atoms with Crippen LogP contribution in [0.4, 0.5) is 0 Å². The van der Waals surface area contributed by atoms with Crippen molar-refractivity contribution in [2.45, 2.75) is 303 Å². The highest BCUT2D eigenvalue weighted by Crippen LogP contribution is 2.38. The largest absolute Gasteiger partial charge is 0.756 e. The van der Waals surface area contributed by atoms with Gasteiger partial charge in [0.1, 0.15) is 19.3 Å². The fraction of sp³-hybridized carbons (Fsp3) is 0.746. The molecule has 9 nitrogen and oxygen atoms in total. The number of ether oxygens (including phenoxy) is 1. The van der Waals surface area contributed by atoms with Gasteiger partial charge < -0.3 is 28.5 Å². The maximum absolute atomic E-state index is 13.6. The van der Waals surface area contributed by atoms with E-state index in [2.05, 4.69) is 50.4 Å². The van der Waals surface area contributed by atoms with Crippen molar-refractivity contribution in [2.24, 2.45) is 0 Å². The van der Waals surface area contributed by atoms with Gasteiger partial charge in [0.15, 0.2) is 0 Å². The number of esters is 1. The molecule has 0 fully saturated rings. The molecule has 0 aliphatic carbocycles. The van der Waals surface area contributed by atoms with Crippen molar-refractivity contribution in [1.82, 2.24) is 5.32 Å². The minimum absolute atomic E-state index is 0.0334. The van der Waals surface area contributed by atoms with E-state index in [-0.39, 0.29) is 24.9 Å². The van der Waals surface area contributed by atoms with Crippen LogP contribution in [0.1, 0.15) is 290 Å². The first-order valence-corrected chi connectivity index (χ1v) is 35.1. The van der Waals surface area contributed by atoms with E-state index in [1.54, 1.807) is 0 Å². The first kappa shape index (κ1) is 77.9. The Hall–Kier alpha value is -3.07. The lowest BCUT2D eigenvalue weighted by Gasteiger charge is -2.30. The molecule has 3 atom stereocenters. The van der Waals surface area contributed by atoms with E-state index < -0.39 is 26.6 Å². The molecular formula is C71H127N2O7P. The maximum atomic E-state index is 13.6. The van der Waals surface area contributed by atoms with Crippen molar-refractivity contribution in [3.63, 3.8) is 0 Å². The fourth-order valence-electron chi connectivity index (χ4n) is 9.49. The average Bonchev–Trinajstić information content (AvgIpc) is 3.44. The van der Waals surface area contributed by atoms with E-state index in [0.29, 0.717) is 23.9 Å². The van der Waals surface area contributed by atoms with E-state index in [0.717, 1.165) is 64.2 Å². The van der Waals surface area contributed by atoms with Crippen LogP contribution in [0, 0.1) is 0 Å². The van der Waals surface area contributed by atoms with E-state index in [1.807, 2.05) is 94.1 Å². The quantitative estimate of drug-likeness (QED) is 0.0161. The van der Waals surface area contributed by atoms with E-state index in [4.69, 9.17) is 13.8 Å². The third kappa shape index (κ3) is 61.3. The van der Waals surface area contributed by atoms with E-state index >= 15 is 0 Å². The molecule has 0 spiro atoms. The highest BCUT2D eigenvalue weighted by atomic mass is 31.2. The number of carbonyl (C=O) groups excluding carboxylic acids is 2. The van der Waals surface area contributed by atoms with Crippen molar-refractivity contribution in [1.29, 1.82) is 0 Å². The van der Waals surface area contributed by atoms with Crippen LogP contribution in [0.5, 0.6) is 0 Å². The summed E-state index contributed by atoms with van der Waals surface area (Å²) in [5.74, 6) is -0.589. The minimum Gasteiger partial charge on any atom is -0.756 e. The SMILES string of the molecule is CC\C=C/C=C/C=C/C=C\C=C\C=C\CCCCCC(=O)OC(/C=C\CCCCCCCCCCCCC)C(COP(=O)([O-])OCC[N+](C)(C)C)NC(=O)CCCCCCCCCCCCCCCCC/C=C/CCCCCCCC. The Labute approximate surface area is 500 Å². The highest BCUT2D eigenvalue weighted by Gasteiger charge is 2.27. The van der Waals surface area contributed by atoms with Crippen LogP contribution < -0.4 is 10.2 Å². The fourth-order valence-corrected chi connectivity index (χ4v) is 10.2. The van der Waals surface area contributed by atoms with Crippen LogP contribution in [0.15, 0.2) is 97.2 Å². The molecule has 0 aliphatic heterocycles. The topological polar surface area (TPSA) is 114 Å². The molecule has 0 rings (SSSR count). The molecule has 81 heavy (non-hydrogen) atoms. The van der Waals surface area contributed by atoms with Gasteiger partial charge in [-0.05, 0) is 76.7 Å². The molecule has 10 heteroatoms. The summed E-state index contributed by atoms with van der Waals surface area (Å²) in [6, 6.07) is -0.912. The molecular weight excluding hydrogens is 1020 g/mol. The number of phosphoric ester groups is 1. The van der Waals surface area contributed by atoms with Gasteiger partial charge in [0.2, 0.25) is 5.91 Å². The van der Waals surface area contributed by atoms with E-state index in [9.17, 15) is 19.0 Å². The zero-order chi connectivity index (χ0) is 59.3. The molecule has 0 aromatic rings. The highest BCUT2D eigenvalue weighted by molar-refractivity contribution is 7.45. The molecule has 3 unspecified atom stereocenters. The standard InChI is InChI=1S/C71H127N2O7P/c1-7-10-13-16-19-22-25-28-30-32-33-34-35-36-37-38-39-41-42-45-48-51-54-57-60-63-70(74)72-68(67-79-81(76,77)78-66-65-73(4,5)6)69(62-59-56-53-50-47-44-27-24-21-18-15-12-9-3)80-71(75)64-61-58-55-52-49-46-43-40-31-29-26-23-20-17-14-11-8-2/h11,14,17,20,23,26,28-31,40,43,46,49,59,62,68-69H,7-10,12-13,15-16,18-19,21-22,24-25,27,32-39,41-42,44-45,47-48,50-58,60-61,63-67H2,1-6H3,(H-,72,74,76,77)/b14-11-,20-17+,26-23+,30-28+,31-29-,43-40+,49-46+,62-59-. The molecule has 0 bridgehead atoms. The van der Waals surface area contributed by atoms with Gasteiger partial charge in [-0.25, -0.2) is 0 Å². The molecule has 1 N–H and O–H groups in total. The van der Waals surface area contributed by atoms with Crippen LogP contribution in [-0.4, -0.2) is 69.4 Å². The van der Waals surface area contributed by atoms with Crippen LogP contribution in [0.3, 0.4) is 0 Å². The molecule has 1 amide bonds. The number of allylic oxidation sites excluding steroid dienone is 15. The van der Waals surface area contributed by atoms with Gasteiger partial charge in [0.25, 0.3) is 7.82 Å². The molecule has 0 aliphatic rings. The molecule has 468 valence electrons. The molecule has 0 heterocycles. The molecule has 0 radical (unpaired) electrons. The maximum Gasteiger partial charge on any atom is 0.306 e. The van der Waals surface area contributed by atoms with Crippen molar-refractivity contribution >= 4 is 19.7 Å². The molecule has 0 saturated carbocycles. The van der Waals surface area contributed by atoms with Gasteiger partial charge >= 0.3 is 5.97 Å². The monoisotopic (exact) mass is 1150 g/mol. The molecule has 0 aromatic heterocycles. The Morgan fingerprint density at radius 3 is 1.23 bits per heavy atom. The second kappa shape index (κ2) is 60.1. The Balaban J connectivity index is 5.18. The second-order valence-electron chi connectivity index (χ2n) is 23.7. The number of amides is 1. The van der Waals surface area contributed by atoms with E-state index in [1.165, 1.54) is 186 Å². The van der Waals surface area contributed by atoms with Gasteiger partial charge in [-0.1, -0.05) is 298 Å². The predicted octanol–water partition coefficient (Wildman–Crippen LogP) is 20.5. The van der Waals surface area contributed by atoms with Crippen molar-refractivity contribution in [3.05, 3.63) is 97.2 Å². The second-order valence-corrected chi connectivity index (χ2v) is 25.2. The summed E-state index contributed by atoms with van der Waals surface area (Å²) in [6.45, 7) is 6.68. The Morgan fingerprint density at radius 1 is 0.444 bits per heavy atom. The summed E-state index contributed by atoms with van der Waals surface area (Å²) in [4.78, 5) is 40.1. The Morgan fingerprint density at radius 2 is 0.802 bits per heavy atom. The van der Waals surface area contributed by atoms with Crippen molar-refractivity contribution < 1.29 is 37.3 Å². The number of nitrogens with one attached hydrogen (secondary N) is 1. The lowest BCUT2D eigenvalue weighted by Crippen LogP contribution is -2.47. The first-order chi connectivity index (χ1) is 39.4. The van der Waals surface area contributed by atoms with Gasteiger partial charge in [-0.2, -0.15) is 0 Å². The summed E-state index contributed by atoms with van der Waals surface area (Å²) in [6.07, 6.45) is 81.0. The minimum atomic E-state index is -4.72. The van der Waals surface area contributed by atoms with Gasteiger partial charge in [-0.3, -0.25) is 14.2 Å². The number of hydrogen-bond donors (Lipinski definition) is 1. The summed E-state index contributed by atoms with van der Waals surface area (Å²) in [5.41, 5.74) is 0. The van der Waals surface area contributed by atoms with Gasteiger partial charge in [-0.15, -0.1) is 0 Å². The summed E-state index contributed by atoms with van der Waals surface area (Å²) in [5, 5.41) is 3.03. The molecule has 0 saturated heterocycles.